The number of nitrogens with zero attached hydrogens (tertiary/aromatic N) is 2. The minimum absolute atomic E-state index is 0.213. The van der Waals surface area contributed by atoms with Gasteiger partial charge in [0.25, 0.3) is 5.91 Å². The Morgan fingerprint density at radius 2 is 1.96 bits per heavy atom. The minimum Gasteiger partial charge on any atom is -0.493 e. The van der Waals surface area contributed by atoms with Gasteiger partial charge in [0.2, 0.25) is 0 Å². The molecule has 0 aliphatic heterocycles. The molecule has 3 rings (SSSR count). The van der Waals surface area contributed by atoms with Gasteiger partial charge in [0.15, 0.2) is 11.5 Å². The highest BCUT2D eigenvalue weighted by Gasteiger charge is 2.22. The fourth-order valence-corrected chi connectivity index (χ4v) is 2.90. The molecule has 3 aromatic rings. The molecule has 1 N–H and O–H groups in total. The van der Waals surface area contributed by atoms with E-state index in [1.165, 1.54) is 0 Å². The predicted octanol–water partition coefficient (Wildman–Crippen LogP) is 3.35. The monoisotopic (exact) mass is 365 g/mol. The number of methoxy groups -OCH3 is 1. The molecule has 0 unspecified atom stereocenters. The van der Waals surface area contributed by atoms with Gasteiger partial charge in [0.1, 0.15) is 11.9 Å². The van der Waals surface area contributed by atoms with Gasteiger partial charge >= 0.3 is 0 Å². The number of imidazole rings is 1. The molecule has 140 valence electrons. The summed E-state index contributed by atoms with van der Waals surface area (Å²) < 4.78 is 12.8. The van der Waals surface area contributed by atoms with Crippen LogP contribution in [-0.4, -0.2) is 29.2 Å². The number of ether oxygens (including phenoxy) is 2. The van der Waals surface area contributed by atoms with Gasteiger partial charge in [-0.1, -0.05) is 30.3 Å². The summed E-state index contributed by atoms with van der Waals surface area (Å²) in [7, 11) is 3.48. The van der Waals surface area contributed by atoms with Crippen LogP contribution in [0, 0.1) is 0 Å². The summed E-state index contributed by atoms with van der Waals surface area (Å²) in [6.07, 6.45) is 3.58. The van der Waals surface area contributed by atoms with Crippen molar-refractivity contribution in [3.63, 3.8) is 0 Å². The van der Waals surface area contributed by atoms with Crippen molar-refractivity contribution in [2.45, 2.75) is 13.0 Å². The lowest BCUT2D eigenvalue weighted by Crippen LogP contribution is -2.31. The van der Waals surface area contributed by atoms with Crippen LogP contribution in [0.25, 0.3) is 0 Å². The van der Waals surface area contributed by atoms with Crippen LogP contribution in [0.1, 0.15) is 34.7 Å². The van der Waals surface area contributed by atoms with E-state index >= 15 is 0 Å². The van der Waals surface area contributed by atoms with Crippen molar-refractivity contribution in [3.05, 3.63) is 77.9 Å². The van der Waals surface area contributed by atoms with Crippen molar-refractivity contribution in [1.82, 2.24) is 14.9 Å². The number of amides is 1. The predicted molar refractivity (Wildman–Crippen MR) is 103 cm³/mol. The quantitative estimate of drug-likeness (QED) is 0.697. The van der Waals surface area contributed by atoms with Crippen molar-refractivity contribution in [1.29, 1.82) is 0 Å². The Bertz CT molecular complexity index is 906. The Kier molecular flexibility index (Phi) is 5.76. The van der Waals surface area contributed by atoms with Crippen LogP contribution in [-0.2, 0) is 7.05 Å². The highest BCUT2D eigenvalue weighted by Crippen LogP contribution is 2.28. The lowest BCUT2D eigenvalue weighted by atomic mass is 10.1. The Balaban J connectivity index is 1.91. The second kappa shape index (κ2) is 8.40. The van der Waals surface area contributed by atoms with Gasteiger partial charge in [-0.15, -0.1) is 0 Å². The maximum atomic E-state index is 12.9. The molecule has 0 saturated carbocycles. The molecular formula is C21H23N3O3. The van der Waals surface area contributed by atoms with Crippen molar-refractivity contribution < 1.29 is 14.3 Å². The van der Waals surface area contributed by atoms with Crippen LogP contribution < -0.4 is 14.8 Å². The fourth-order valence-electron chi connectivity index (χ4n) is 2.90. The lowest BCUT2D eigenvalue weighted by Gasteiger charge is -2.19. The van der Waals surface area contributed by atoms with Crippen LogP contribution in [0.5, 0.6) is 11.5 Å². The molecule has 0 saturated heterocycles. The first-order chi connectivity index (χ1) is 13.1. The summed E-state index contributed by atoms with van der Waals surface area (Å²) in [6.45, 7) is 2.38. The van der Waals surface area contributed by atoms with E-state index in [-0.39, 0.29) is 11.9 Å². The average molecular weight is 365 g/mol. The Morgan fingerprint density at radius 1 is 1.19 bits per heavy atom. The van der Waals surface area contributed by atoms with Crippen LogP contribution in [0.15, 0.2) is 60.9 Å². The van der Waals surface area contributed by atoms with Crippen LogP contribution in [0.3, 0.4) is 0 Å². The van der Waals surface area contributed by atoms with Crippen LogP contribution >= 0.6 is 0 Å². The summed E-state index contributed by atoms with van der Waals surface area (Å²) in [5, 5.41) is 3.08. The summed E-state index contributed by atoms with van der Waals surface area (Å²) >= 11 is 0. The van der Waals surface area contributed by atoms with Crippen molar-refractivity contribution >= 4 is 5.91 Å². The molecule has 1 amide bonds. The van der Waals surface area contributed by atoms with E-state index < -0.39 is 0 Å². The van der Waals surface area contributed by atoms with E-state index in [0.29, 0.717) is 23.7 Å². The summed E-state index contributed by atoms with van der Waals surface area (Å²) in [5.41, 5.74) is 1.45. The molecule has 6 heteroatoms. The van der Waals surface area contributed by atoms with Gasteiger partial charge in [-0.25, -0.2) is 4.98 Å². The molecule has 1 aromatic heterocycles. The van der Waals surface area contributed by atoms with Crippen molar-refractivity contribution in [2.75, 3.05) is 13.7 Å². The maximum absolute atomic E-state index is 12.9. The first-order valence-electron chi connectivity index (χ1n) is 8.78. The molecule has 0 bridgehead atoms. The first-order valence-corrected chi connectivity index (χ1v) is 8.78. The van der Waals surface area contributed by atoms with Gasteiger partial charge in [-0.3, -0.25) is 4.79 Å². The Morgan fingerprint density at radius 3 is 2.59 bits per heavy atom. The standard InChI is InChI=1S/C21H23N3O3/c1-4-27-18-14-16(10-11-17(18)26-3)21(25)23-19(15-8-6-5-7-9-15)20-22-12-13-24(20)2/h5-14,19H,4H2,1-3H3,(H,23,25)/t19-/m0/s1. The number of nitrogens with one attached hydrogen (secondary N) is 1. The molecule has 6 nitrogen and oxygen atoms in total. The third kappa shape index (κ3) is 4.11. The molecule has 1 atom stereocenters. The zero-order valence-electron chi connectivity index (χ0n) is 15.7. The SMILES string of the molecule is CCOc1cc(C(=O)N[C@@H](c2ccccc2)c2nccn2C)ccc1OC. The van der Waals surface area contributed by atoms with E-state index in [4.69, 9.17) is 9.47 Å². The molecule has 2 aromatic carbocycles. The highest BCUT2D eigenvalue weighted by atomic mass is 16.5. The van der Waals surface area contributed by atoms with E-state index in [9.17, 15) is 4.79 Å². The zero-order valence-corrected chi connectivity index (χ0v) is 15.7. The maximum Gasteiger partial charge on any atom is 0.252 e. The summed E-state index contributed by atoms with van der Waals surface area (Å²) in [4.78, 5) is 17.4. The largest absolute Gasteiger partial charge is 0.493 e. The number of aromatic nitrogens is 2. The number of hydrogen-bond donors (Lipinski definition) is 1. The topological polar surface area (TPSA) is 65.4 Å². The zero-order chi connectivity index (χ0) is 19.2. The molecule has 0 aliphatic rings. The molecule has 1 heterocycles. The normalized spacial score (nSPS) is 11.7. The number of benzene rings is 2. The second-order valence-electron chi connectivity index (χ2n) is 6.01. The fraction of sp³-hybridized carbons (Fsp3) is 0.238. The summed E-state index contributed by atoms with van der Waals surface area (Å²) in [6, 6.07) is 14.6. The van der Waals surface area contributed by atoms with Gasteiger partial charge in [0.05, 0.1) is 13.7 Å². The molecule has 0 spiro atoms. The third-order valence-corrected chi connectivity index (χ3v) is 4.25. The minimum atomic E-state index is -0.364. The number of aryl methyl sites for hydroxylation is 1. The van der Waals surface area contributed by atoms with Gasteiger partial charge in [0, 0.05) is 25.0 Å². The molecule has 27 heavy (non-hydrogen) atoms. The lowest BCUT2D eigenvalue weighted by molar-refractivity contribution is 0.0940. The van der Waals surface area contributed by atoms with E-state index in [2.05, 4.69) is 10.3 Å². The number of carbonyl (C=O) groups is 1. The molecular weight excluding hydrogens is 342 g/mol. The van der Waals surface area contributed by atoms with Crippen LogP contribution in [0.4, 0.5) is 0 Å². The molecule has 0 radical (unpaired) electrons. The Hall–Kier alpha value is -3.28. The van der Waals surface area contributed by atoms with E-state index in [1.54, 1.807) is 31.5 Å². The number of rotatable bonds is 7. The van der Waals surface area contributed by atoms with Crippen molar-refractivity contribution in [3.8, 4) is 11.5 Å². The van der Waals surface area contributed by atoms with Gasteiger partial charge < -0.3 is 19.4 Å². The molecule has 0 aliphatic carbocycles. The first kappa shape index (κ1) is 18.5. The Labute approximate surface area is 158 Å². The smallest absolute Gasteiger partial charge is 0.252 e. The summed E-state index contributed by atoms with van der Waals surface area (Å²) in [5.74, 6) is 1.68. The second-order valence-corrected chi connectivity index (χ2v) is 6.01. The highest BCUT2D eigenvalue weighted by molar-refractivity contribution is 5.95. The average Bonchev–Trinajstić information content (AvgIpc) is 3.12. The van der Waals surface area contributed by atoms with E-state index in [1.807, 2.05) is 55.1 Å². The van der Waals surface area contributed by atoms with Gasteiger partial charge in [-0.05, 0) is 30.7 Å². The van der Waals surface area contributed by atoms with Gasteiger partial charge in [-0.2, -0.15) is 0 Å². The number of hydrogen-bond acceptors (Lipinski definition) is 4. The third-order valence-electron chi connectivity index (χ3n) is 4.25. The molecule has 0 fully saturated rings. The van der Waals surface area contributed by atoms with Crippen molar-refractivity contribution in [2.24, 2.45) is 7.05 Å². The number of carbonyl (C=O) groups excluding carboxylic acids is 1. The van der Waals surface area contributed by atoms with E-state index in [0.717, 1.165) is 11.4 Å². The van der Waals surface area contributed by atoms with Crippen LogP contribution in [0.2, 0.25) is 0 Å².